The van der Waals surface area contributed by atoms with Gasteiger partial charge in [-0.2, -0.15) is 13.2 Å². The molecule has 0 unspecified atom stereocenters. The van der Waals surface area contributed by atoms with Crippen LogP contribution in [0.3, 0.4) is 0 Å². The molecule has 1 aromatic carbocycles. The number of rotatable bonds is 5. The first kappa shape index (κ1) is 24.0. The van der Waals surface area contributed by atoms with Crippen LogP contribution in [-0.2, 0) is 6.18 Å². The summed E-state index contributed by atoms with van der Waals surface area (Å²) in [5, 5.41) is 0. The minimum Gasteiger partial charge on any atom is -0.166 e. The van der Waals surface area contributed by atoms with E-state index in [1.54, 1.807) is 12.1 Å². The fourth-order valence-corrected chi connectivity index (χ4v) is 5.56. The molecular formula is C28H37F3. The Morgan fingerprint density at radius 3 is 2.16 bits per heavy atom. The molecule has 0 N–H and O–H groups in total. The van der Waals surface area contributed by atoms with E-state index < -0.39 is 11.7 Å². The SMILES string of the molecule is CCCC1(/C=C/C#CC2CCC(c3ccc(C(F)(F)F)cc3)CC2)CCC(CC)CC1. The lowest BCUT2D eigenvalue weighted by Gasteiger charge is -2.38. The first-order valence-electron chi connectivity index (χ1n) is 12.2. The zero-order chi connectivity index (χ0) is 22.3. The van der Waals surface area contributed by atoms with Crippen LogP contribution in [0, 0.1) is 29.1 Å². The van der Waals surface area contributed by atoms with Crippen LogP contribution < -0.4 is 0 Å². The highest BCUT2D eigenvalue weighted by Gasteiger charge is 2.32. The zero-order valence-electron chi connectivity index (χ0n) is 19.1. The van der Waals surface area contributed by atoms with Crippen molar-refractivity contribution in [1.82, 2.24) is 0 Å². The summed E-state index contributed by atoms with van der Waals surface area (Å²) in [7, 11) is 0. The van der Waals surface area contributed by atoms with E-state index in [1.165, 1.54) is 57.1 Å². The third-order valence-corrected chi connectivity index (χ3v) is 7.67. The number of hydrogen-bond donors (Lipinski definition) is 0. The summed E-state index contributed by atoms with van der Waals surface area (Å²) >= 11 is 0. The van der Waals surface area contributed by atoms with Gasteiger partial charge in [-0.3, -0.25) is 0 Å². The van der Waals surface area contributed by atoms with Crippen LogP contribution in [-0.4, -0.2) is 0 Å². The summed E-state index contributed by atoms with van der Waals surface area (Å²) in [5.41, 5.74) is 0.824. The highest BCUT2D eigenvalue weighted by Crippen LogP contribution is 2.44. The van der Waals surface area contributed by atoms with E-state index in [0.717, 1.165) is 37.2 Å². The van der Waals surface area contributed by atoms with Crippen molar-refractivity contribution in [1.29, 1.82) is 0 Å². The molecule has 0 aliphatic heterocycles. The van der Waals surface area contributed by atoms with Crippen molar-refractivity contribution < 1.29 is 13.2 Å². The smallest absolute Gasteiger partial charge is 0.166 e. The van der Waals surface area contributed by atoms with Gasteiger partial charge in [-0.1, -0.05) is 56.7 Å². The Hall–Kier alpha value is -1.69. The van der Waals surface area contributed by atoms with Crippen molar-refractivity contribution in [3.8, 4) is 11.8 Å². The Labute approximate surface area is 186 Å². The molecule has 31 heavy (non-hydrogen) atoms. The lowest BCUT2D eigenvalue weighted by Crippen LogP contribution is -2.25. The molecule has 2 fully saturated rings. The second kappa shape index (κ2) is 10.8. The average Bonchev–Trinajstić information content (AvgIpc) is 2.77. The van der Waals surface area contributed by atoms with Gasteiger partial charge in [0.2, 0.25) is 0 Å². The lowest BCUT2D eigenvalue weighted by atomic mass is 9.67. The standard InChI is InChI=1S/C28H37F3/c1-3-18-27(20-16-22(4-2)17-21-27)19-6-5-7-23-8-10-24(11-9-23)25-12-14-26(15-13-25)28(29,30)31/h6,12-15,19,22-24H,3-4,8-11,16-18,20-21H2,1-2H3/b19-6+. The molecule has 0 amide bonds. The predicted molar refractivity (Wildman–Crippen MR) is 123 cm³/mol. The lowest BCUT2D eigenvalue weighted by molar-refractivity contribution is -0.137. The molecule has 0 heterocycles. The fourth-order valence-electron chi connectivity index (χ4n) is 5.56. The van der Waals surface area contributed by atoms with Gasteiger partial charge in [0.15, 0.2) is 0 Å². The van der Waals surface area contributed by atoms with Gasteiger partial charge < -0.3 is 0 Å². The Morgan fingerprint density at radius 1 is 0.968 bits per heavy atom. The van der Waals surface area contributed by atoms with Crippen LogP contribution in [0.2, 0.25) is 0 Å². The van der Waals surface area contributed by atoms with Gasteiger partial charge in [0, 0.05) is 5.92 Å². The second-order valence-electron chi connectivity index (χ2n) is 9.75. The Morgan fingerprint density at radius 2 is 1.61 bits per heavy atom. The second-order valence-corrected chi connectivity index (χ2v) is 9.75. The van der Waals surface area contributed by atoms with E-state index >= 15 is 0 Å². The largest absolute Gasteiger partial charge is 0.416 e. The summed E-state index contributed by atoms with van der Waals surface area (Å²) in [6.45, 7) is 4.59. The molecule has 1 aromatic rings. The topological polar surface area (TPSA) is 0 Å². The summed E-state index contributed by atoms with van der Waals surface area (Å²) in [6, 6.07) is 5.74. The van der Waals surface area contributed by atoms with Gasteiger partial charge in [0.25, 0.3) is 0 Å². The van der Waals surface area contributed by atoms with Gasteiger partial charge >= 0.3 is 6.18 Å². The highest BCUT2D eigenvalue weighted by atomic mass is 19.4. The summed E-state index contributed by atoms with van der Waals surface area (Å²) in [4.78, 5) is 0. The zero-order valence-corrected chi connectivity index (χ0v) is 19.1. The summed E-state index contributed by atoms with van der Waals surface area (Å²) < 4.78 is 38.3. The van der Waals surface area contributed by atoms with Crippen LogP contribution in [0.1, 0.15) is 102 Å². The number of halogens is 3. The minimum atomic E-state index is -4.26. The Kier molecular flexibility index (Phi) is 8.31. The van der Waals surface area contributed by atoms with Gasteiger partial charge in [-0.25, -0.2) is 0 Å². The van der Waals surface area contributed by atoms with Crippen molar-refractivity contribution in [2.45, 2.75) is 96.6 Å². The average molecular weight is 431 g/mol. The van der Waals surface area contributed by atoms with Crippen LogP contribution in [0.5, 0.6) is 0 Å². The van der Waals surface area contributed by atoms with E-state index in [9.17, 15) is 13.2 Å². The van der Waals surface area contributed by atoms with Crippen molar-refractivity contribution in [3.05, 3.63) is 47.5 Å². The molecule has 170 valence electrons. The molecule has 3 heteroatoms. The quantitative estimate of drug-likeness (QED) is 0.409. The van der Waals surface area contributed by atoms with E-state index in [2.05, 4.69) is 37.8 Å². The molecule has 0 spiro atoms. The monoisotopic (exact) mass is 430 g/mol. The van der Waals surface area contributed by atoms with Crippen molar-refractivity contribution in [3.63, 3.8) is 0 Å². The summed E-state index contributed by atoms with van der Waals surface area (Å²) in [5.74, 6) is 8.47. The fraction of sp³-hybridized carbons (Fsp3) is 0.643. The number of hydrogen-bond acceptors (Lipinski definition) is 0. The molecular weight excluding hydrogens is 393 g/mol. The molecule has 2 aliphatic rings. The van der Waals surface area contributed by atoms with Gasteiger partial charge in [0.1, 0.15) is 0 Å². The van der Waals surface area contributed by atoms with Crippen LogP contribution in [0.25, 0.3) is 0 Å². The predicted octanol–water partition coefficient (Wildman–Crippen LogP) is 8.93. The molecule has 0 aromatic heterocycles. The first-order valence-corrected chi connectivity index (χ1v) is 12.2. The molecule has 0 nitrogen and oxygen atoms in total. The van der Waals surface area contributed by atoms with Gasteiger partial charge in [0.05, 0.1) is 5.56 Å². The molecule has 3 rings (SSSR count). The molecule has 0 saturated heterocycles. The molecule has 0 bridgehead atoms. The first-order chi connectivity index (χ1) is 14.8. The number of alkyl halides is 3. The summed E-state index contributed by atoms with van der Waals surface area (Å²) in [6.07, 6.45) is 13.4. The maximum Gasteiger partial charge on any atom is 0.416 e. The van der Waals surface area contributed by atoms with E-state index in [1.807, 2.05) is 0 Å². The number of allylic oxidation sites excluding steroid dienone is 2. The maximum absolute atomic E-state index is 12.8. The van der Waals surface area contributed by atoms with E-state index in [-0.39, 0.29) is 0 Å². The Balaban J connectivity index is 1.51. The molecule has 0 atom stereocenters. The maximum atomic E-state index is 12.8. The van der Waals surface area contributed by atoms with Gasteiger partial charge in [-0.15, -0.1) is 0 Å². The third-order valence-electron chi connectivity index (χ3n) is 7.67. The molecule has 0 radical (unpaired) electrons. The molecule has 2 saturated carbocycles. The normalized spacial score (nSPS) is 29.5. The Bertz CT molecular complexity index is 759. The van der Waals surface area contributed by atoms with Crippen LogP contribution in [0.4, 0.5) is 13.2 Å². The van der Waals surface area contributed by atoms with Gasteiger partial charge in [-0.05, 0) is 98.8 Å². The van der Waals surface area contributed by atoms with Crippen LogP contribution >= 0.6 is 0 Å². The van der Waals surface area contributed by atoms with Crippen molar-refractivity contribution >= 4 is 0 Å². The van der Waals surface area contributed by atoms with Crippen molar-refractivity contribution in [2.24, 2.45) is 17.3 Å². The highest BCUT2D eigenvalue weighted by molar-refractivity contribution is 5.28. The van der Waals surface area contributed by atoms with Crippen molar-refractivity contribution in [2.75, 3.05) is 0 Å². The third kappa shape index (κ3) is 6.64. The van der Waals surface area contributed by atoms with E-state index in [4.69, 9.17) is 0 Å². The minimum absolute atomic E-state index is 0.356. The molecule has 2 aliphatic carbocycles. The van der Waals surface area contributed by atoms with Crippen LogP contribution in [0.15, 0.2) is 36.4 Å². The van der Waals surface area contributed by atoms with E-state index in [0.29, 0.717) is 17.3 Å². The number of benzene rings is 1.